The lowest BCUT2D eigenvalue weighted by Crippen LogP contribution is -2.32. The third-order valence-electron chi connectivity index (χ3n) is 4.82. The van der Waals surface area contributed by atoms with Crippen LogP contribution in [0.15, 0.2) is 72.8 Å². The van der Waals surface area contributed by atoms with E-state index < -0.39 is 0 Å². The Kier molecular flexibility index (Phi) is 5.52. The fourth-order valence-electron chi connectivity index (χ4n) is 3.36. The monoisotopic (exact) mass is 373 g/mol. The molecule has 0 unspecified atom stereocenters. The van der Waals surface area contributed by atoms with Gasteiger partial charge < -0.3 is 15.0 Å². The average molecular weight is 373 g/mol. The van der Waals surface area contributed by atoms with E-state index in [2.05, 4.69) is 39.5 Å². The van der Waals surface area contributed by atoms with Crippen molar-refractivity contribution in [1.29, 1.82) is 0 Å². The van der Waals surface area contributed by atoms with E-state index in [1.807, 2.05) is 42.5 Å². The number of amides is 1. The molecule has 1 aliphatic heterocycles. The van der Waals surface area contributed by atoms with Crippen LogP contribution < -0.4 is 15.0 Å². The summed E-state index contributed by atoms with van der Waals surface area (Å²) < 4.78 is 5.60. The number of pyridine rings is 1. The highest BCUT2D eigenvalue weighted by atomic mass is 16.5. The number of anilines is 1. The van der Waals surface area contributed by atoms with Gasteiger partial charge in [-0.2, -0.15) is 0 Å². The molecule has 0 saturated heterocycles. The van der Waals surface area contributed by atoms with Crippen molar-refractivity contribution in [3.05, 3.63) is 89.6 Å². The van der Waals surface area contributed by atoms with Gasteiger partial charge in [0.05, 0.1) is 6.54 Å². The Morgan fingerprint density at radius 2 is 1.75 bits per heavy atom. The number of benzene rings is 2. The zero-order valence-corrected chi connectivity index (χ0v) is 15.7. The Labute approximate surface area is 165 Å². The maximum atomic E-state index is 12.4. The fourth-order valence-corrected chi connectivity index (χ4v) is 3.36. The van der Waals surface area contributed by atoms with Crippen LogP contribution in [0, 0.1) is 0 Å². The number of fused-ring (bicyclic) bond motifs is 1. The molecule has 142 valence electrons. The summed E-state index contributed by atoms with van der Waals surface area (Å²) in [6.07, 6.45) is 0.991. The van der Waals surface area contributed by atoms with Gasteiger partial charge in [-0.25, -0.2) is 4.98 Å². The maximum Gasteiger partial charge on any atom is 0.270 e. The van der Waals surface area contributed by atoms with Crippen molar-refractivity contribution in [2.24, 2.45) is 0 Å². The molecule has 1 amide bonds. The molecule has 0 aliphatic carbocycles. The number of nitrogens with one attached hydrogen (secondary N) is 1. The van der Waals surface area contributed by atoms with Gasteiger partial charge in [-0.05, 0) is 41.8 Å². The van der Waals surface area contributed by atoms with E-state index in [-0.39, 0.29) is 5.91 Å². The van der Waals surface area contributed by atoms with Crippen LogP contribution in [-0.4, -0.2) is 30.6 Å². The van der Waals surface area contributed by atoms with Crippen LogP contribution in [-0.2, 0) is 13.0 Å². The first-order valence-corrected chi connectivity index (χ1v) is 9.54. The molecular weight excluding hydrogens is 350 g/mol. The van der Waals surface area contributed by atoms with E-state index in [1.54, 1.807) is 6.07 Å². The first-order chi connectivity index (χ1) is 13.8. The van der Waals surface area contributed by atoms with E-state index >= 15 is 0 Å². The second-order valence-electron chi connectivity index (χ2n) is 6.74. The largest absolute Gasteiger partial charge is 0.492 e. The van der Waals surface area contributed by atoms with Gasteiger partial charge >= 0.3 is 0 Å². The highest BCUT2D eigenvalue weighted by Gasteiger charge is 2.18. The molecule has 1 aliphatic rings. The third-order valence-corrected chi connectivity index (χ3v) is 4.82. The number of carbonyl (C=O) groups is 1. The average Bonchev–Trinajstić information content (AvgIpc) is 2.77. The SMILES string of the molecule is O=C(NCCOc1ccccc1)c1cccc(N2CCc3ccccc3C2)n1. The molecule has 2 aromatic carbocycles. The molecule has 1 N–H and O–H groups in total. The Bertz CT molecular complexity index is 943. The predicted molar refractivity (Wildman–Crippen MR) is 110 cm³/mol. The van der Waals surface area contributed by atoms with Crippen LogP contribution in [0.4, 0.5) is 5.82 Å². The molecule has 0 fully saturated rings. The van der Waals surface area contributed by atoms with Crippen molar-refractivity contribution in [3.8, 4) is 5.75 Å². The molecule has 28 heavy (non-hydrogen) atoms. The summed E-state index contributed by atoms with van der Waals surface area (Å²) in [5.74, 6) is 1.45. The molecule has 4 rings (SSSR count). The van der Waals surface area contributed by atoms with Crippen molar-refractivity contribution in [2.45, 2.75) is 13.0 Å². The quantitative estimate of drug-likeness (QED) is 0.673. The Balaban J connectivity index is 1.34. The number of ether oxygens (including phenoxy) is 1. The summed E-state index contributed by atoms with van der Waals surface area (Å²) in [6.45, 7) is 2.56. The van der Waals surface area contributed by atoms with Gasteiger partial charge in [0.1, 0.15) is 23.9 Å². The van der Waals surface area contributed by atoms with Crippen LogP contribution in [0.25, 0.3) is 0 Å². The number of carbonyl (C=O) groups excluding carboxylic acids is 1. The summed E-state index contributed by atoms with van der Waals surface area (Å²) in [6, 6.07) is 23.6. The second-order valence-corrected chi connectivity index (χ2v) is 6.74. The lowest BCUT2D eigenvalue weighted by molar-refractivity contribution is 0.0942. The second kappa shape index (κ2) is 8.57. The Hall–Kier alpha value is -3.34. The molecule has 3 aromatic rings. The molecule has 0 atom stereocenters. The van der Waals surface area contributed by atoms with Gasteiger partial charge in [-0.15, -0.1) is 0 Å². The Morgan fingerprint density at radius 1 is 0.964 bits per heavy atom. The first-order valence-electron chi connectivity index (χ1n) is 9.54. The molecule has 5 nitrogen and oxygen atoms in total. The predicted octanol–water partition coefficient (Wildman–Crippen LogP) is 3.45. The van der Waals surface area contributed by atoms with Gasteiger partial charge in [-0.1, -0.05) is 48.5 Å². The number of hydrogen-bond acceptors (Lipinski definition) is 4. The summed E-state index contributed by atoms with van der Waals surface area (Å²) in [5.41, 5.74) is 3.14. The fraction of sp³-hybridized carbons (Fsp3) is 0.217. The van der Waals surface area contributed by atoms with Crippen molar-refractivity contribution in [1.82, 2.24) is 10.3 Å². The van der Waals surface area contributed by atoms with Crippen LogP contribution in [0.1, 0.15) is 21.6 Å². The van der Waals surface area contributed by atoms with Gasteiger partial charge in [0.2, 0.25) is 0 Å². The zero-order valence-electron chi connectivity index (χ0n) is 15.7. The zero-order chi connectivity index (χ0) is 19.2. The first kappa shape index (κ1) is 18.0. The van der Waals surface area contributed by atoms with Gasteiger partial charge in [0, 0.05) is 13.1 Å². The van der Waals surface area contributed by atoms with Crippen molar-refractivity contribution >= 4 is 11.7 Å². The van der Waals surface area contributed by atoms with Crippen LogP contribution >= 0.6 is 0 Å². The molecule has 0 saturated carbocycles. The molecular formula is C23H23N3O2. The van der Waals surface area contributed by atoms with Crippen molar-refractivity contribution in [2.75, 3.05) is 24.6 Å². The highest BCUT2D eigenvalue weighted by Crippen LogP contribution is 2.23. The molecule has 1 aromatic heterocycles. The normalized spacial score (nSPS) is 12.9. The topological polar surface area (TPSA) is 54.5 Å². The lowest BCUT2D eigenvalue weighted by Gasteiger charge is -2.29. The summed E-state index contributed by atoms with van der Waals surface area (Å²) >= 11 is 0. The van der Waals surface area contributed by atoms with Gasteiger partial charge in [-0.3, -0.25) is 4.79 Å². The van der Waals surface area contributed by atoms with Gasteiger partial charge in [0.15, 0.2) is 0 Å². The van der Waals surface area contributed by atoms with E-state index in [4.69, 9.17) is 4.74 Å². The highest BCUT2D eigenvalue weighted by molar-refractivity contribution is 5.92. The standard InChI is InChI=1S/C23H23N3O2/c27-23(24-14-16-28-20-9-2-1-3-10-20)21-11-6-12-22(25-21)26-15-13-18-7-4-5-8-19(18)17-26/h1-12H,13-17H2,(H,24,27). The molecule has 5 heteroatoms. The maximum absolute atomic E-state index is 12.4. The molecule has 0 radical (unpaired) electrons. The molecule has 0 bridgehead atoms. The smallest absolute Gasteiger partial charge is 0.270 e. The van der Waals surface area contributed by atoms with Crippen LogP contribution in [0.3, 0.4) is 0 Å². The number of para-hydroxylation sites is 1. The van der Waals surface area contributed by atoms with Crippen LogP contribution in [0.2, 0.25) is 0 Å². The van der Waals surface area contributed by atoms with Gasteiger partial charge in [0.25, 0.3) is 5.91 Å². The summed E-state index contributed by atoms with van der Waals surface area (Å²) in [4.78, 5) is 19.2. The molecule has 0 spiro atoms. The summed E-state index contributed by atoms with van der Waals surface area (Å²) in [5, 5.41) is 2.87. The lowest BCUT2D eigenvalue weighted by atomic mass is 10.00. The van der Waals surface area contributed by atoms with E-state index in [1.165, 1.54) is 11.1 Å². The number of nitrogens with zero attached hydrogens (tertiary/aromatic N) is 2. The number of rotatable bonds is 6. The van der Waals surface area contributed by atoms with E-state index in [0.29, 0.717) is 18.8 Å². The van der Waals surface area contributed by atoms with E-state index in [9.17, 15) is 4.79 Å². The third kappa shape index (κ3) is 4.31. The van der Waals surface area contributed by atoms with Crippen molar-refractivity contribution in [3.63, 3.8) is 0 Å². The minimum absolute atomic E-state index is 0.184. The minimum atomic E-state index is -0.184. The minimum Gasteiger partial charge on any atom is -0.492 e. The van der Waals surface area contributed by atoms with Crippen molar-refractivity contribution < 1.29 is 9.53 Å². The Morgan fingerprint density at radius 3 is 2.61 bits per heavy atom. The van der Waals surface area contributed by atoms with Crippen LogP contribution in [0.5, 0.6) is 5.75 Å². The molecule has 2 heterocycles. The van der Waals surface area contributed by atoms with E-state index in [0.717, 1.165) is 31.1 Å². The summed E-state index contributed by atoms with van der Waals surface area (Å²) in [7, 11) is 0. The number of hydrogen-bond donors (Lipinski definition) is 1. The number of aromatic nitrogens is 1.